The van der Waals surface area contributed by atoms with Crippen molar-refractivity contribution in [2.75, 3.05) is 45.2 Å². The Morgan fingerprint density at radius 2 is 1.62 bits per heavy atom. The van der Waals surface area contributed by atoms with Gasteiger partial charge in [0.2, 0.25) is 5.69 Å². The maximum Gasteiger partial charge on any atom is 0.309 e. The van der Waals surface area contributed by atoms with E-state index in [4.69, 9.17) is 11.6 Å². The van der Waals surface area contributed by atoms with E-state index >= 15 is 0 Å². The van der Waals surface area contributed by atoms with Crippen LogP contribution in [-0.2, 0) is 20.4 Å². The van der Waals surface area contributed by atoms with Gasteiger partial charge in [0, 0.05) is 46.0 Å². The molecule has 3 aliphatic heterocycles. The van der Waals surface area contributed by atoms with Gasteiger partial charge in [-0.15, -0.1) is 5.73 Å². The molecule has 0 aromatic heterocycles. The first-order valence-corrected chi connectivity index (χ1v) is 15.9. The molecule has 45 heavy (non-hydrogen) atoms. The van der Waals surface area contributed by atoms with Gasteiger partial charge in [-0.05, 0) is 51.5 Å². The van der Waals surface area contributed by atoms with Crippen LogP contribution < -0.4 is 4.90 Å². The Balaban J connectivity index is 1.55. The molecule has 0 aliphatic carbocycles. The number of para-hydroxylation sites is 2. The molecule has 3 aliphatic rings. The molecule has 0 spiro atoms. The average Bonchev–Trinajstić information content (AvgIpc) is 3.32. The number of quaternary nitrogens is 1. The Morgan fingerprint density at radius 1 is 0.978 bits per heavy atom. The lowest BCUT2D eigenvalue weighted by Crippen LogP contribution is -2.47. The Morgan fingerprint density at radius 3 is 2.31 bits per heavy atom. The summed E-state index contributed by atoms with van der Waals surface area (Å²) < 4.78 is 2.87. The molecule has 0 saturated carbocycles. The zero-order valence-electron chi connectivity index (χ0n) is 27.1. The van der Waals surface area contributed by atoms with Crippen LogP contribution in [0.2, 0.25) is 0 Å². The summed E-state index contributed by atoms with van der Waals surface area (Å²) in [5, 5.41) is 19.7. The van der Waals surface area contributed by atoms with Gasteiger partial charge in [0.25, 0.3) is 0 Å². The van der Waals surface area contributed by atoms with Crippen molar-refractivity contribution in [3.05, 3.63) is 99.9 Å². The lowest BCUT2D eigenvalue weighted by molar-refractivity contribution is -0.889. The fraction of sp³-hybridized carbons (Fsp3) is 0.405. The zero-order valence-corrected chi connectivity index (χ0v) is 27.9. The fourth-order valence-electron chi connectivity index (χ4n) is 7.18. The second-order valence-corrected chi connectivity index (χ2v) is 14.4. The molecule has 2 aromatic carbocycles. The van der Waals surface area contributed by atoms with E-state index in [2.05, 4.69) is 93.4 Å². The largest absolute Gasteiger partial charge is 0.481 e. The van der Waals surface area contributed by atoms with Gasteiger partial charge in [-0.3, -0.25) is 9.59 Å². The lowest BCUT2D eigenvalue weighted by atomic mass is 9.81. The summed E-state index contributed by atoms with van der Waals surface area (Å²) in [4.78, 5) is 25.1. The van der Waals surface area contributed by atoms with Gasteiger partial charge >= 0.3 is 11.9 Å². The molecule has 1 unspecified atom stereocenters. The minimum absolute atomic E-state index is 0.0288. The third-order valence-electron chi connectivity index (χ3n) is 9.41. The zero-order chi connectivity index (χ0) is 32.7. The van der Waals surface area contributed by atoms with Crippen LogP contribution in [0, 0.1) is 5.92 Å². The van der Waals surface area contributed by atoms with E-state index in [1.807, 2.05) is 30.3 Å². The van der Waals surface area contributed by atoms with Crippen LogP contribution in [0.25, 0.3) is 0 Å². The van der Waals surface area contributed by atoms with Crippen LogP contribution in [0.3, 0.4) is 0 Å². The van der Waals surface area contributed by atoms with Crippen LogP contribution >= 0.6 is 11.6 Å². The number of carboxylic acids is 2. The normalized spacial score (nSPS) is 21.2. The highest BCUT2D eigenvalue weighted by atomic mass is 35.5. The highest BCUT2D eigenvalue weighted by Gasteiger charge is 2.44. The van der Waals surface area contributed by atoms with Crippen molar-refractivity contribution in [3.8, 4) is 0 Å². The summed E-state index contributed by atoms with van der Waals surface area (Å²) in [6.07, 6.45) is 6.37. The number of hydrogen-bond donors (Lipinski definition) is 2. The van der Waals surface area contributed by atoms with Crippen molar-refractivity contribution in [2.24, 2.45) is 5.92 Å². The fourth-order valence-corrected chi connectivity index (χ4v) is 7.43. The number of anilines is 1. The SMILES string of the molecule is CC1(C)C(=C=CC2C[N+](C)(C)CC(/C=C/C3=[N+](CCC(=O)O)c4ccccc4C3(C)C)=C2Cl)N(CCC(=O)O)c2ccccc21. The number of allylic oxidation sites excluding steroid dienone is 1. The summed E-state index contributed by atoms with van der Waals surface area (Å²) in [5.74, 6) is -1.73. The van der Waals surface area contributed by atoms with Gasteiger partial charge in [-0.25, -0.2) is 0 Å². The molecule has 236 valence electrons. The number of carboxylic acid groups (broad SMARTS) is 2. The summed E-state index contributed by atoms with van der Waals surface area (Å²) in [6.45, 7) is 11.0. The number of hydrogen-bond acceptors (Lipinski definition) is 3. The van der Waals surface area contributed by atoms with Gasteiger partial charge in [0.1, 0.15) is 13.0 Å². The van der Waals surface area contributed by atoms with Crippen LogP contribution in [0.15, 0.2) is 88.8 Å². The number of aliphatic carboxylic acids is 2. The second kappa shape index (κ2) is 12.1. The van der Waals surface area contributed by atoms with Crippen molar-refractivity contribution >= 4 is 40.6 Å². The number of nitrogens with zero attached hydrogens (tertiary/aromatic N) is 3. The van der Waals surface area contributed by atoms with Crippen molar-refractivity contribution in [2.45, 2.75) is 51.4 Å². The number of fused-ring (bicyclic) bond motifs is 2. The van der Waals surface area contributed by atoms with Crippen molar-refractivity contribution in [1.82, 2.24) is 0 Å². The van der Waals surface area contributed by atoms with E-state index < -0.39 is 11.9 Å². The number of rotatable bonds is 9. The standard InChI is InChI=1S/C37H42ClN3O4/c1-36(2)27-11-7-9-13-29(27)39(21-19-33(42)43)31(36)17-15-25-23-41(5,6)24-26(35(25)38)16-18-32-37(3,4)28-12-8-10-14-30(28)40(32)22-20-34(44)45/h7-17,26H,19-24H2,1-6H3/p+2/b17-15+. The highest BCUT2D eigenvalue weighted by molar-refractivity contribution is 6.30. The topological polar surface area (TPSA) is 80.9 Å². The van der Waals surface area contributed by atoms with E-state index in [0.29, 0.717) is 13.1 Å². The number of halogens is 1. The maximum atomic E-state index is 11.5. The molecule has 0 fully saturated rings. The maximum absolute atomic E-state index is 11.5. The van der Waals surface area contributed by atoms with Gasteiger partial charge in [-0.2, -0.15) is 4.58 Å². The molecular weight excluding hydrogens is 586 g/mol. The van der Waals surface area contributed by atoms with Crippen LogP contribution in [0.5, 0.6) is 0 Å². The lowest BCUT2D eigenvalue weighted by Gasteiger charge is -2.37. The first-order chi connectivity index (χ1) is 21.1. The predicted molar refractivity (Wildman–Crippen MR) is 180 cm³/mol. The molecule has 2 aromatic rings. The molecule has 7 nitrogen and oxygen atoms in total. The van der Waals surface area contributed by atoms with Gasteiger partial charge in [0.15, 0.2) is 12.3 Å². The van der Waals surface area contributed by atoms with E-state index in [9.17, 15) is 19.8 Å². The van der Waals surface area contributed by atoms with E-state index in [-0.39, 0.29) is 29.6 Å². The number of benzene rings is 2. The Hall–Kier alpha value is -3.90. The van der Waals surface area contributed by atoms with E-state index in [1.165, 1.54) is 5.56 Å². The number of carbonyl (C=O) groups is 2. The van der Waals surface area contributed by atoms with Gasteiger partial charge < -0.3 is 19.6 Å². The average molecular weight is 630 g/mol. The molecule has 8 heteroatoms. The molecule has 3 heterocycles. The van der Waals surface area contributed by atoms with E-state index in [1.54, 1.807) is 0 Å². The van der Waals surface area contributed by atoms with E-state index in [0.717, 1.165) is 56.5 Å². The second-order valence-electron chi connectivity index (χ2n) is 14.0. The highest BCUT2D eigenvalue weighted by Crippen LogP contribution is 2.47. The van der Waals surface area contributed by atoms with Crippen molar-refractivity contribution in [1.29, 1.82) is 0 Å². The predicted octanol–water partition coefficient (Wildman–Crippen LogP) is 6.60. The van der Waals surface area contributed by atoms with Crippen LogP contribution in [-0.4, -0.2) is 77.2 Å². The minimum Gasteiger partial charge on any atom is -0.481 e. The van der Waals surface area contributed by atoms with Crippen molar-refractivity contribution < 1.29 is 28.9 Å². The molecule has 0 radical (unpaired) electrons. The first kappa shape index (κ1) is 32.5. The number of likely N-dealkylation sites (N-methyl/N-ethyl adjacent to an activating group) is 1. The van der Waals surface area contributed by atoms with Crippen molar-refractivity contribution in [3.63, 3.8) is 0 Å². The quantitative estimate of drug-likeness (QED) is 0.186. The Labute approximate surface area is 271 Å². The Kier molecular flexibility index (Phi) is 8.76. The molecule has 0 bridgehead atoms. The minimum atomic E-state index is -0.831. The van der Waals surface area contributed by atoms with Gasteiger partial charge in [0.05, 0.1) is 44.1 Å². The Bertz CT molecular complexity index is 1710. The summed E-state index contributed by atoms with van der Waals surface area (Å²) in [6, 6.07) is 16.4. The summed E-state index contributed by atoms with van der Waals surface area (Å²) in [7, 11) is 4.39. The molecule has 0 saturated heterocycles. The van der Waals surface area contributed by atoms with Crippen LogP contribution in [0.1, 0.15) is 51.7 Å². The molecule has 1 atom stereocenters. The summed E-state index contributed by atoms with van der Waals surface area (Å²) in [5.41, 5.74) is 10.4. The third-order valence-corrected chi connectivity index (χ3v) is 9.94. The molecule has 5 rings (SSSR count). The molecule has 2 N–H and O–H groups in total. The smallest absolute Gasteiger partial charge is 0.309 e. The summed E-state index contributed by atoms with van der Waals surface area (Å²) >= 11 is 7.19. The third kappa shape index (κ3) is 6.30. The van der Waals surface area contributed by atoms with Crippen LogP contribution in [0.4, 0.5) is 11.4 Å². The monoisotopic (exact) mass is 629 g/mol. The van der Waals surface area contributed by atoms with Gasteiger partial charge in [-0.1, -0.05) is 48.0 Å². The first-order valence-electron chi connectivity index (χ1n) is 15.5. The molecule has 0 amide bonds. The molecular formula is C37H44ClN3O4+2.